The number of amides is 1. The van der Waals surface area contributed by atoms with Gasteiger partial charge in [0.25, 0.3) is 0 Å². The molecule has 1 aromatic heterocycles. The normalized spacial score (nSPS) is 23.3. The minimum atomic E-state index is 0.114. The number of anilines is 1. The zero-order valence-electron chi connectivity index (χ0n) is 11.9. The predicted octanol–water partition coefficient (Wildman–Crippen LogP) is 1.89. The molecule has 19 heavy (non-hydrogen) atoms. The first-order chi connectivity index (χ1) is 9.10. The molecule has 5 nitrogen and oxygen atoms in total. The zero-order valence-corrected chi connectivity index (χ0v) is 11.9. The van der Waals surface area contributed by atoms with Crippen LogP contribution in [0.3, 0.4) is 0 Å². The summed E-state index contributed by atoms with van der Waals surface area (Å²) in [6.45, 7) is 2.53. The lowest BCUT2D eigenvalue weighted by Crippen LogP contribution is -2.41. The van der Waals surface area contributed by atoms with Crippen molar-refractivity contribution in [2.45, 2.75) is 51.6 Å². The van der Waals surface area contributed by atoms with Gasteiger partial charge in [0.1, 0.15) is 12.4 Å². The number of likely N-dealkylation sites (N-methyl/N-ethyl adjacent to an activating group) is 1. The second-order valence-electron chi connectivity index (χ2n) is 5.53. The Labute approximate surface area is 114 Å². The molecular formula is C14H24N4O. The summed E-state index contributed by atoms with van der Waals surface area (Å²) in [6.07, 6.45) is 7.75. The second kappa shape index (κ2) is 6.08. The average Bonchev–Trinajstić information content (AvgIpc) is 2.83. The van der Waals surface area contributed by atoms with Crippen LogP contribution in [-0.4, -0.2) is 33.7 Å². The van der Waals surface area contributed by atoms with Crippen molar-refractivity contribution in [3.8, 4) is 0 Å². The lowest BCUT2D eigenvalue weighted by atomic mass is 9.84. The Morgan fingerprint density at radius 2 is 2.16 bits per heavy atom. The van der Waals surface area contributed by atoms with E-state index >= 15 is 0 Å². The largest absolute Gasteiger partial charge is 0.382 e. The van der Waals surface area contributed by atoms with Crippen LogP contribution in [0.15, 0.2) is 12.3 Å². The molecule has 0 aromatic carbocycles. The number of nitrogens with zero attached hydrogens (tertiary/aromatic N) is 3. The van der Waals surface area contributed by atoms with Crippen LogP contribution in [0.2, 0.25) is 0 Å². The molecular weight excluding hydrogens is 240 g/mol. The van der Waals surface area contributed by atoms with Crippen molar-refractivity contribution < 1.29 is 4.79 Å². The van der Waals surface area contributed by atoms with Crippen LogP contribution in [0.25, 0.3) is 0 Å². The van der Waals surface area contributed by atoms with E-state index in [9.17, 15) is 4.79 Å². The summed E-state index contributed by atoms with van der Waals surface area (Å²) >= 11 is 0. The number of hydrogen-bond donors (Lipinski definition) is 1. The molecule has 106 valence electrons. The molecule has 1 fully saturated rings. The maximum Gasteiger partial charge on any atom is 0.244 e. The Balaban J connectivity index is 1.85. The maximum atomic E-state index is 12.2. The third-order valence-corrected chi connectivity index (χ3v) is 4.29. The first-order valence-electron chi connectivity index (χ1n) is 7.14. The van der Waals surface area contributed by atoms with E-state index in [2.05, 4.69) is 12.0 Å². The molecule has 2 rings (SSSR count). The van der Waals surface area contributed by atoms with Gasteiger partial charge < -0.3 is 10.6 Å². The van der Waals surface area contributed by atoms with E-state index < -0.39 is 0 Å². The minimum Gasteiger partial charge on any atom is -0.382 e. The number of carbonyl (C=O) groups excluding carboxylic acids is 1. The molecule has 2 N–H and O–H groups in total. The van der Waals surface area contributed by atoms with Crippen molar-refractivity contribution in [2.75, 3.05) is 12.8 Å². The van der Waals surface area contributed by atoms with Crippen LogP contribution < -0.4 is 5.73 Å². The fourth-order valence-electron chi connectivity index (χ4n) is 2.86. The first kappa shape index (κ1) is 13.9. The van der Waals surface area contributed by atoms with E-state index in [1.165, 1.54) is 19.3 Å². The van der Waals surface area contributed by atoms with Gasteiger partial charge in [-0.05, 0) is 37.7 Å². The summed E-state index contributed by atoms with van der Waals surface area (Å²) in [7, 11) is 1.91. The standard InChI is InChI=1S/C14H24N4O/c1-3-11-4-6-12(7-5-11)17(2)14(19)10-18-9-8-13(15)16-18/h8-9,11-12H,3-7,10H2,1-2H3,(H2,15,16). The maximum absolute atomic E-state index is 12.2. The lowest BCUT2D eigenvalue weighted by molar-refractivity contribution is -0.133. The average molecular weight is 264 g/mol. The van der Waals surface area contributed by atoms with Crippen LogP contribution >= 0.6 is 0 Å². The van der Waals surface area contributed by atoms with Gasteiger partial charge in [-0.15, -0.1) is 0 Å². The Bertz CT molecular complexity index is 421. The predicted molar refractivity (Wildman–Crippen MR) is 75.4 cm³/mol. The van der Waals surface area contributed by atoms with Crippen molar-refractivity contribution in [1.82, 2.24) is 14.7 Å². The van der Waals surface area contributed by atoms with Gasteiger partial charge in [0.2, 0.25) is 5.91 Å². The van der Waals surface area contributed by atoms with Crippen molar-refractivity contribution in [3.05, 3.63) is 12.3 Å². The summed E-state index contributed by atoms with van der Waals surface area (Å²) in [5.74, 6) is 1.42. The summed E-state index contributed by atoms with van der Waals surface area (Å²) < 4.78 is 1.60. The molecule has 0 bridgehead atoms. The third kappa shape index (κ3) is 3.49. The van der Waals surface area contributed by atoms with Gasteiger partial charge in [-0.3, -0.25) is 9.48 Å². The molecule has 0 spiro atoms. The van der Waals surface area contributed by atoms with E-state index in [1.54, 1.807) is 16.9 Å². The van der Waals surface area contributed by atoms with Gasteiger partial charge in [0.05, 0.1) is 0 Å². The van der Waals surface area contributed by atoms with E-state index in [1.807, 2.05) is 11.9 Å². The second-order valence-corrected chi connectivity index (χ2v) is 5.53. The van der Waals surface area contributed by atoms with Gasteiger partial charge in [0, 0.05) is 19.3 Å². The van der Waals surface area contributed by atoms with Gasteiger partial charge in [-0.2, -0.15) is 5.10 Å². The monoisotopic (exact) mass is 264 g/mol. The highest BCUT2D eigenvalue weighted by molar-refractivity contribution is 5.76. The number of rotatable bonds is 4. The number of aromatic nitrogens is 2. The first-order valence-corrected chi connectivity index (χ1v) is 7.14. The van der Waals surface area contributed by atoms with Crippen LogP contribution in [0.1, 0.15) is 39.0 Å². The lowest BCUT2D eigenvalue weighted by Gasteiger charge is -2.34. The number of hydrogen-bond acceptors (Lipinski definition) is 3. The van der Waals surface area contributed by atoms with Crippen LogP contribution in [-0.2, 0) is 11.3 Å². The Morgan fingerprint density at radius 3 is 2.68 bits per heavy atom. The molecule has 0 saturated heterocycles. The molecule has 1 aliphatic carbocycles. The molecule has 0 atom stereocenters. The highest BCUT2D eigenvalue weighted by atomic mass is 16.2. The number of nitrogens with two attached hydrogens (primary N) is 1. The number of carbonyl (C=O) groups is 1. The highest BCUT2D eigenvalue weighted by Gasteiger charge is 2.25. The van der Waals surface area contributed by atoms with Crippen LogP contribution in [0, 0.1) is 5.92 Å². The molecule has 1 aromatic rings. The fraction of sp³-hybridized carbons (Fsp3) is 0.714. The van der Waals surface area contributed by atoms with Crippen LogP contribution in [0.5, 0.6) is 0 Å². The molecule has 5 heteroatoms. The van der Waals surface area contributed by atoms with Crippen molar-refractivity contribution in [2.24, 2.45) is 5.92 Å². The summed E-state index contributed by atoms with van der Waals surface area (Å²) in [6, 6.07) is 2.10. The van der Waals surface area contributed by atoms with Crippen molar-refractivity contribution >= 4 is 11.7 Å². The van der Waals surface area contributed by atoms with Crippen molar-refractivity contribution in [1.29, 1.82) is 0 Å². The fourth-order valence-corrected chi connectivity index (χ4v) is 2.86. The Hall–Kier alpha value is -1.52. The van der Waals surface area contributed by atoms with Gasteiger partial charge in [-0.25, -0.2) is 0 Å². The molecule has 1 heterocycles. The highest BCUT2D eigenvalue weighted by Crippen LogP contribution is 2.28. The van der Waals surface area contributed by atoms with Gasteiger partial charge in [0.15, 0.2) is 0 Å². The quantitative estimate of drug-likeness (QED) is 0.903. The molecule has 1 amide bonds. The zero-order chi connectivity index (χ0) is 13.8. The molecule has 0 unspecified atom stereocenters. The smallest absolute Gasteiger partial charge is 0.244 e. The van der Waals surface area contributed by atoms with E-state index in [0.29, 0.717) is 11.9 Å². The molecule has 1 saturated carbocycles. The van der Waals surface area contributed by atoms with E-state index in [-0.39, 0.29) is 12.5 Å². The van der Waals surface area contributed by atoms with Gasteiger partial charge in [-0.1, -0.05) is 13.3 Å². The topological polar surface area (TPSA) is 64.2 Å². The van der Waals surface area contributed by atoms with Gasteiger partial charge >= 0.3 is 0 Å². The van der Waals surface area contributed by atoms with E-state index in [0.717, 1.165) is 18.8 Å². The summed E-state index contributed by atoms with van der Waals surface area (Å²) in [4.78, 5) is 14.1. The minimum absolute atomic E-state index is 0.114. The van der Waals surface area contributed by atoms with Crippen LogP contribution in [0.4, 0.5) is 5.82 Å². The molecule has 0 aliphatic heterocycles. The summed E-state index contributed by atoms with van der Waals surface area (Å²) in [5.41, 5.74) is 5.55. The SMILES string of the molecule is CCC1CCC(N(C)C(=O)Cn2ccc(N)n2)CC1. The summed E-state index contributed by atoms with van der Waals surface area (Å²) in [5, 5.41) is 4.05. The van der Waals surface area contributed by atoms with E-state index in [4.69, 9.17) is 5.73 Å². The molecule has 0 radical (unpaired) electrons. The Kier molecular flexibility index (Phi) is 4.45. The molecule has 1 aliphatic rings. The Morgan fingerprint density at radius 1 is 1.47 bits per heavy atom. The van der Waals surface area contributed by atoms with Crippen molar-refractivity contribution in [3.63, 3.8) is 0 Å². The third-order valence-electron chi connectivity index (χ3n) is 4.29. The number of nitrogen functional groups attached to an aromatic ring is 1.